The summed E-state index contributed by atoms with van der Waals surface area (Å²) in [6, 6.07) is 7.80. The van der Waals surface area contributed by atoms with Crippen molar-refractivity contribution in [3.63, 3.8) is 0 Å². The first kappa shape index (κ1) is 20.3. The maximum Gasteiger partial charge on any atom is 0.348 e. The molecule has 3 aromatic heterocycles. The van der Waals surface area contributed by atoms with E-state index < -0.39 is 5.97 Å². The summed E-state index contributed by atoms with van der Waals surface area (Å²) in [4.78, 5) is 28.6. The number of hydrogen-bond acceptors (Lipinski definition) is 7. The summed E-state index contributed by atoms with van der Waals surface area (Å²) >= 11 is 1.12. The predicted molar refractivity (Wildman–Crippen MR) is 121 cm³/mol. The van der Waals surface area contributed by atoms with Crippen LogP contribution in [0.15, 0.2) is 54.7 Å². The lowest BCUT2D eigenvalue weighted by atomic mass is 10.0. The number of likely N-dealkylation sites (N-methyl/N-ethyl adjacent to an activating group) is 1. The fraction of sp³-hybridized carbons (Fsp3) is 0.136. The van der Waals surface area contributed by atoms with Gasteiger partial charge in [0.25, 0.3) is 0 Å². The highest BCUT2D eigenvalue weighted by Gasteiger charge is 2.19. The van der Waals surface area contributed by atoms with Gasteiger partial charge in [-0.15, -0.1) is 11.3 Å². The molecule has 9 heteroatoms. The molecule has 8 nitrogen and oxygen atoms in total. The van der Waals surface area contributed by atoms with Crippen LogP contribution in [0.3, 0.4) is 0 Å². The molecule has 0 fully saturated rings. The Hall–Kier alpha value is -3.94. The lowest BCUT2D eigenvalue weighted by Crippen LogP contribution is -2.17. The number of nitrogen functional groups attached to an aromatic ring is 1. The molecule has 0 aliphatic rings. The van der Waals surface area contributed by atoms with Gasteiger partial charge in [0.15, 0.2) is 0 Å². The average molecular weight is 433 g/mol. The number of rotatable bonds is 6. The average Bonchev–Trinajstić information content (AvgIpc) is 3.36. The van der Waals surface area contributed by atoms with Crippen LogP contribution in [0, 0.1) is 0 Å². The molecule has 0 radical (unpaired) electrons. The number of nitrogens with two attached hydrogens (primary N) is 1. The van der Waals surface area contributed by atoms with Gasteiger partial charge >= 0.3 is 5.97 Å². The SMILES string of the molecule is CN(C)C(=C=O)Cn1cc(-c2ccc(-c3cncc4sc(C(=O)O)c(N)c34)cc2)cn1. The van der Waals surface area contributed by atoms with E-state index in [0.717, 1.165) is 38.3 Å². The summed E-state index contributed by atoms with van der Waals surface area (Å²) in [5.74, 6) is 0.889. The molecular formula is C22H19N5O3S. The molecule has 3 heterocycles. The number of benzene rings is 1. The van der Waals surface area contributed by atoms with E-state index in [-0.39, 0.29) is 10.6 Å². The molecule has 31 heavy (non-hydrogen) atoms. The smallest absolute Gasteiger partial charge is 0.348 e. The van der Waals surface area contributed by atoms with Crippen LogP contribution in [-0.2, 0) is 11.3 Å². The van der Waals surface area contributed by atoms with E-state index in [9.17, 15) is 14.7 Å². The number of carboxylic acids is 1. The minimum Gasteiger partial charge on any atom is -0.477 e. The van der Waals surface area contributed by atoms with E-state index in [0.29, 0.717) is 17.6 Å². The van der Waals surface area contributed by atoms with E-state index in [1.165, 1.54) is 0 Å². The zero-order chi connectivity index (χ0) is 22.1. The maximum absolute atomic E-state index is 11.4. The number of aromatic carboxylic acids is 1. The second-order valence-corrected chi connectivity index (χ2v) is 8.21. The van der Waals surface area contributed by atoms with Crippen LogP contribution in [0.25, 0.3) is 32.3 Å². The molecule has 0 aliphatic carbocycles. The number of carbonyl (C=O) groups excluding carboxylic acids is 1. The van der Waals surface area contributed by atoms with E-state index in [1.54, 1.807) is 42.3 Å². The number of fused-ring (bicyclic) bond motifs is 1. The molecule has 0 unspecified atom stereocenters. The summed E-state index contributed by atoms with van der Waals surface area (Å²) in [6.45, 7) is 0.339. The fourth-order valence-corrected chi connectivity index (χ4v) is 4.27. The first-order chi connectivity index (χ1) is 14.9. The van der Waals surface area contributed by atoms with Gasteiger partial charge in [0, 0.05) is 49.2 Å². The maximum atomic E-state index is 11.4. The summed E-state index contributed by atoms with van der Waals surface area (Å²) < 4.78 is 2.42. The molecule has 4 aromatic rings. The molecular weight excluding hydrogens is 414 g/mol. The van der Waals surface area contributed by atoms with Crippen LogP contribution in [0.5, 0.6) is 0 Å². The van der Waals surface area contributed by atoms with Crippen molar-refractivity contribution in [1.82, 2.24) is 19.7 Å². The van der Waals surface area contributed by atoms with Gasteiger partial charge < -0.3 is 15.7 Å². The highest BCUT2D eigenvalue weighted by molar-refractivity contribution is 7.21. The Kier molecular flexibility index (Phi) is 5.29. The quantitative estimate of drug-likeness (QED) is 0.448. The summed E-state index contributed by atoms with van der Waals surface area (Å²) in [6.07, 6.45) is 6.93. The number of carbonyl (C=O) groups is 1. The predicted octanol–water partition coefficient (Wildman–Crippen LogP) is 3.38. The highest BCUT2D eigenvalue weighted by atomic mass is 32.1. The molecule has 1 aromatic carbocycles. The molecule has 0 saturated heterocycles. The van der Waals surface area contributed by atoms with E-state index in [1.807, 2.05) is 36.4 Å². The van der Waals surface area contributed by atoms with Gasteiger partial charge in [-0.1, -0.05) is 24.3 Å². The lowest BCUT2D eigenvalue weighted by Gasteiger charge is -2.12. The van der Waals surface area contributed by atoms with Crippen molar-refractivity contribution in [3.8, 4) is 22.3 Å². The van der Waals surface area contributed by atoms with Crippen LogP contribution in [0.1, 0.15) is 9.67 Å². The van der Waals surface area contributed by atoms with Crippen molar-refractivity contribution in [2.45, 2.75) is 6.54 Å². The summed E-state index contributed by atoms with van der Waals surface area (Å²) in [5, 5.41) is 14.4. The van der Waals surface area contributed by atoms with Gasteiger partial charge in [-0.2, -0.15) is 5.10 Å². The number of thiophene rings is 1. The molecule has 0 amide bonds. The normalized spacial score (nSPS) is 10.8. The van der Waals surface area contributed by atoms with Crippen LogP contribution in [0.4, 0.5) is 5.69 Å². The number of hydrogen-bond donors (Lipinski definition) is 2. The zero-order valence-corrected chi connectivity index (χ0v) is 17.7. The molecule has 0 atom stereocenters. The molecule has 3 N–H and O–H groups in total. The Bertz CT molecular complexity index is 1330. The first-order valence-electron chi connectivity index (χ1n) is 9.33. The summed E-state index contributed by atoms with van der Waals surface area (Å²) in [5.41, 5.74) is 10.4. The lowest BCUT2D eigenvalue weighted by molar-refractivity contribution is 0.0703. The van der Waals surface area contributed by atoms with Crippen molar-refractivity contribution in [3.05, 3.63) is 59.6 Å². The molecule has 4 rings (SSSR count). The summed E-state index contributed by atoms with van der Waals surface area (Å²) in [7, 11) is 3.58. The molecule has 0 spiro atoms. The van der Waals surface area contributed by atoms with E-state index in [2.05, 4.69) is 10.1 Å². The minimum absolute atomic E-state index is 0.120. The number of allylic oxidation sites excluding steroid dienone is 1. The number of pyridine rings is 1. The van der Waals surface area contributed by atoms with Crippen molar-refractivity contribution in [2.75, 3.05) is 19.8 Å². The first-order valence-corrected chi connectivity index (χ1v) is 10.1. The number of carboxylic acid groups (broad SMARTS) is 1. The Morgan fingerprint density at radius 1 is 1.16 bits per heavy atom. The minimum atomic E-state index is -1.04. The van der Waals surface area contributed by atoms with Gasteiger partial charge in [-0.05, 0) is 11.1 Å². The van der Waals surface area contributed by atoms with E-state index >= 15 is 0 Å². The highest BCUT2D eigenvalue weighted by Crippen LogP contribution is 2.39. The van der Waals surface area contributed by atoms with Crippen LogP contribution in [-0.4, -0.2) is 50.8 Å². The molecule has 0 aliphatic heterocycles. The Balaban J connectivity index is 1.66. The zero-order valence-electron chi connectivity index (χ0n) is 16.9. The van der Waals surface area contributed by atoms with Gasteiger partial charge in [0.2, 0.25) is 0 Å². The van der Waals surface area contributed by atoms with Crippen molar-refractivity contribution >= 4 is 39.0 Å². The van der Waals surface area contributed by atoms with Crippen molar-refractivity contribution < 1.29 is 14.7 Å². The number of anilines is 1. The monoisotopic (exact) mass is 433 g/mol. The van der Waals surface area contributed by atoms with Gasteiger partial charge in [-0.3, -0.25) is 9.67 Å². The van der Waals surface area contributed by atoms with Crippen molar-refractivity contribution in [1.29, 1.82) is 0 Å². The Morgan fingerprint density at radius 3 is 2.52 bits per heavy atom. The molecule has 0 bridgehead atoms. The topological polar surface area (TPSA) is 114 Å². The molecule has 156 valence electrons. The second-order valence-electron chi connectivity index (χ2n) is 7.16. The van der Waals surface area contributed by atoms with Crippen LogP contribution < -0.4 is 5.73 Å². The van der Waals surface area contributed by atoms with Gasteiger partial charge in [0.05, 0.1) is 23.1 Å². The standard InChI is InChI=1S/C22H19N5O3S/c1-26(2)16(12-28)11-27-10-15(7-25-27)13-3-5-14(6-4-13)17-8-24-9-18-19(17)20(23)21(31-18)22(29)30/h3-10H,11,23H2,1-2H3,(H,29,30). The number of nitrogens with zero attached hydrogens (tertiary/aromatic N) is 4. The third-order valence-corrected chi connectivity index (χ3v) is 6.09. The fourth-order valence-electron chi connectivity index (χ4n) is 3.31. The Labute approximate surface area is 181 Å². The van der Waals surface area contributed by atoms with Crippen LogP contribution in [0.2, 0.25) is 0 Å². The second kappa shape index (κ2) is 8.06. The van der Waals surface area contributed by atoms with Crippen LogP contribution >= 0.6 is 11.3 Å². The largest absolute Gasteiger partial charge is 0.477 e. The van der Waals surface area contributed by atoms with E-state index in [4.69, 9.17) is 5.73 Å². The van der Waals surface area contributed by atoms with Gasteiger partial charge in [-0.25, -0.2) is 9.59 Å². The molecule has 0 saturated carbocycles. The third-order valence-electron chi connectivity index (χ3n) is 4.96. The number of aromatic nitrogens is 3. The van der Waals surface area contributed by atoms with Gasteiger partial charge in [0.1, 0.15) is 16.5 Å². The third kappa shape index (κ3) is 3.79. The van der Waals surface area contributed by atoms with Crippen molar-refractivity contribution in [2.24, 2.45) is 0 Å². The Morgan fingerprint density at radius 2 is 1.87 bits per heavy atom.